The van der Waals surface area contributed by atoms with E-state index < -0.39 is 5.63 Å². The van der Waals surface area contributed by atoms with Gasteiger partial charge in [0.15, 0.2) is 0 Å². The highest BCUT2D eigenvalue weighted by molar-refractivity contribution is 5.92. The van der Waals surface area contributed by atoms with Crippen LogP contribution in [0.15, 0.2) is 63.0 Å². The molecule has 0 aliphatic rings. The molecule has 4 rings (SSSR count). The highest BCUT2D eigenvalue weighted by Gasteiger charge is 2.09. The van der Waals surface area contributed by atoms with Crippen LogP contribution in [0.2, 0.25) is 0 Å². The van der Waals surface area contributed by atoms with Crippen molar-refractivity contribution in [1.82, 2.24) is 9.97 Å². The highest BCUT2D eigenvalue weighted by Crippen LogP contribution is 2.22. The molecule has 2 heterocycles. The van der Waals surface area contributed by atoms with E-state index in [1.165, 1.54) is 18.3 Å². The largest absolute Gasteiger partial charge is 0.872 e. The van der Waals surface area contributed by atoms with Gasteiger partial charge in [-0.25, -0.2) is 4.79 Å². The molecule has 0 N–H and O–H groups in total. The summed E-state index contributed by atoms with van der Waals surface area (Å²) in [6.45, 7) is 1.80. The fourth-order valence-corrected chi connectivity index (χ4v) is 2.67. The molecule has 0 saturated heterocycles. The zero-order valence-corrected chi connectivity index (χ0v) is 13.3. The Labute approximate surface area is 142 Å². The van der Waals surface area contributed by atoms with E-state index in [0.29, 0.717) is 16.6 Å². The van der Waals surface area contributed by atoms with Crippen LogP contribution >= 0.6 is 0 Å². The number of fused-ring (bicyclic) bond motifs is 2. The second-order valence-electron chi connectivity index (χ2n) is 5.57. The van der Waals surface area contributed by atoms with Gasteiger partial charge in [-0.2, -0.15) is 0 Å². The molecule has 0 amide bonds. The summed E-state index contributed by atoms with van der Waals surface area (Å²) in [4.78, 5) is 25.0. The standard InChI is InChI=1S/C19H13N3O3/c1-11-14-4-3-13(23)9-18(14)25-19(24)15(11)10-22-12-2-5-16-17(8-12)21-7-6-20-16/h2-10,23H,1H3/p-1. The van der Waals surface area contributed by atoms with Gasteiger partial charge in [-0.05, 0) is 36.8 Å². The van der Waals surface area contributed by atoms with E-state index in [0.717, 1.165) is 16.6 Å². The van der Waals surface area contributed by atoms with Gasteiger partial charge in [0.1, 0.15) is 5.58 Å². The predicted octanol–water partition coefficient (Wildman–Crippen LogP) is 2.87. The first kappa shape index (κ1) is 15.0. The number of benzene rings is 2. The molecule has 0 aliphatic heterocycles. The minimum atomic E-state index is -0.528. The van der Waals surface area contributed by atoms with Crippen LogP contribution in [-0.2, 0) is 0 Å². The van der Waals surface area contributed by atoms with Crippen LogP contribution in [0, 0.1) is 6.92 Å². The zero-order valence-electron chi connectivity index (χ0n) is 13.3. The van der Waals surface area contributed by atoms with Gasteiger partial charge in [0.25, 0.3) is 0 Å². The number of rotatable bonds is 2. The lowest BCUT2D eigenvalue weighted by atomic mass is 10.1. The lowest BCUT2D eigenvalue weighted by Gasteiger charge is -2.08. The molecule has 2 aromatic heterocycles. The molecule has 0 fully saturated rings. The summed E-state index contributed by atoms with van der Waals surface area (Å²) in [5.41, 5.74) is 2.98. The van der Waals surface area contributed by atoms with Crippen LogP contribution in [0.3, 0.4) is 0 Å². The van der Waals surface area contributed by atoms with Crippen molar-refractivity contribution in [2.75, 3.05) is 0 Å². The Hall–Kier alpha value is -3.54. The Morgan fingerprint density at radius 2 is 1.88 bits per heavy atom. The van der Waals surface area contributed by atoms with E-state index >= 15 is 0 Å². The maximum Gasteiger partial charge on any atom is 0.345 e. The fourth-order valence-electron chi connectivity index (χ4n) is 2.67. The fraction of sp³-hybridized carbons (Fsp3) is 0.0526. The minimum absolute atomic E-state index is 0.200. The maximum absolute atomic E-state index is 12.2. The molecule has 4 aromatic rings. The van der Waals surface area contributed by atoms with Crippen molar-refractivity contribution in [3.05, 3.63) is 70.3 Å². The second-order valence-corrected chi connectivity index (χ2v) is 5.57. The first-order valence-corrected chi connectivity index (χ1v) is 7.61. The third-order valence-electron chi connectivity index (χ3n) is 3.98. The molecule has 0 bridgehead atoms. The maximum atomic E-state index is 12.2. The predicted molar refractivity (Wildman–Crippen MR) is 93.5 cm³/mol. The number of aryl methyl sites for hydroxylation is 1. The summed E-state index contributed by atoms with van der Waals surface area (Å²) >= 11 is 0. The Balaban J connectivity index is 1.80. The van der Waals surface area contributed by atoms with Crippen molar-refractivity contribution in [2.24, 2.45) is 4.99 Å². The molecular formula is C19H12N3O3-. The summed E-state index contributed by atoms with van der Waals surface area (Å²) in [5.74, 6) is -0.200. The summed E-state index contributed by atoms with van der Waals surface area (Å²) in [5, 5.41) is 12.1. The lowest BCUT2D eigenvalue weighted by molar-refractivity contribution is -0.268. The second kappa shape index (κ2) is 5.83. The number of nitrogens with zero attached hydrogens (tertiary/aromatic N) is 3. The van der Waals surface area contributed by atoms with Gasteiger partial charge < -0.3 is 9.52 Å². The molecule has 0 spiro atoms. The topological polar surface area (TPSA) is 91.4 Å². The summed E-state index contributed by atoms with van der Waals surface area (Å²) in [6, 6.07) is 9.82. The first-order valence-electron chi connectivity index (χ1n) is 7.61. The molecule has 6 nitrogen and oxygen atoms in total. The molecule has 25 heavy (non-hydrogen) atoms. The highest BCUT2D eigenvalue weighted by atomic mass is 16.4. The van der Waals surface area contributed by atoms with E-state index in [4.69, 9.17) is 4.42 Å². The number of aliphatic imine (C=N–C) groups is 1. The van der Waals surface area contributed by atoms with Crippen molar-refractivity contribution < 1.29 is 9.52 Å². The molecule has 0 radical (unpaired) electrons. The summed E-state index contributed by atoms with van der Waals surface area (Å²) in [7, 11) is 0. The van der Waals surface area contributed by atoms with E-state index in [1.807, 2.05) is 6.07 Å². The van der Waals surface area contributed by atoms with Crippen LogP contribution < -0.4 is 10.7 Å². The Kier molecular flexibility index (Phi) is 3.50. The number of aromatic nitrogens is 2. The van der Waals surface area contributed by atoms with E-state index in [2.05, 4.69) is 15.0 Å². The van der Waals surface area contributed by atoms with Crippen molar-refractivity contribution in [1.29, 1.82) is 0 Å². The molecule has 122 valence electrons. The Morgan fingerprint density at radius 1 is 1.08 bits per heavy atom. The van der Waals surface area contributed by atoms with Gasteiger partial charge in [0, 0.05) is 24.0 Å². The van der Waals surface area contributed by atoms with Gasteiger partial charge in [-0.1, -0.05) is 12.1 Å². The van der Waals surface area contributed by atoms with Crippen LogP contribution in [0.5, 0.6) is 5.75 Å². The molecule has 0 unspecified atom stereocenters. The van der Waals surface area contributed by atoms with Crippen molar-refractivity contribution in [3.8, 4) is 5.75 Å². The Bertz CT molecular complexity index is 1200. The molecule has 0 atom stereocenters. The zero-order chi connectivity index (χ0) is 17.4. The average molecular weight is 330 g/mol. The third kappa shape index (κ3) is 2.74. The molecular weight excluding hydrogens is 318 g/mol. The quantitative estimate of drug-likeness (QED) is 0.416. The van der Waals surface area contributed by atoms with Gasteiger partial charge in [-0.3, -0.25) is 15.0 Å². The molecule has 0 aliphatic carbocycles. The van der Waals surface area contributed by atoms with Crippen LogP contribution in [0.25, 0.3) is 22.0 Å². The van der Waals surface area contributed by atoms with Gasteiger partial charge in [-0.15, -0.1) is 5.75 Å². The SMILES string of the molecule is Cc1c(C=Nc2ccc3nccnc3c2)c(=O)oc2cc([O-])ccc12. The first-order chi connectivity index (χ1) is 12.1. The number of hydrogen-bond donors (Lipinski definition) is 0. The molecule has 6 heteroatoms. The van der Waals surface area contributed by atoms with Crippen LogP contribution in [-0.4, -0.2) is 16.2 Å². The van der Waals surface area contributed by atoms with E-state index in [1.54, 1.807) is 37.5 Å². The van der Waals surface area contributed by atoms with Crippen LogP contribution in [0.4, 0.5) is 5.69 Å². The summed E-state index contributed by atoms with van der Waals surface area (Å²) < 4.78 is 5.24. The van der Waals surface area contributed by atoms with Crippen molar-refractivity contribution in [3.63, 3.8) is 0 Å². The van der Waals surface area contributed by atoms with Gasteiger partial charge in [0.2, 0.25) is 0 Å². The lowest BCUT2D eigenvalue weighted by Crippen LogP contribution is -2.09. The average Bonchev–Trinajstić information content (AvgIpc) is 2.61. The van der Waals surface area contributed by atoms with Crippen LogP contribution in [0.1, 0.15) is 11.1 Å². The minimum Gasteiger partial charge on any atom is -0.872 e. The van der Waals surface area contributed by atoms with E-state index in [9.17, 15) is 9.90 Å². The molecule has 0 saturated carbocycles. The van der Waals surface area contributed by atoms with Gasteiger partial charge >= 0.3 is 5.63 Å². The van der Waals surface area contributed by atoms with Crippen molar-refractivity contribution >= 4 is 33.9 Å². The smallest absolute Gasteiger partial charge is 0.345 e. The third-order valence-corrected chi connectivity index (χ3v) is 3.98. The Morgan fingerprint density at radius 3 is 2.72 bits per heavy atom. The van der Waals surface area contributed by atoms with E-state index in [-0.39, 0.29) is 11.3 Å². The number of hydrogen-bond acceptors (Lipinski definition) is 6. The summed E-state index contributed by atoms with van der Waals surface area (Å²) in [6.07, 6.45) is 4.72. The monoisotopic (exact) mass is 330 g/mol. The molecule has 2 aromatic carbocycles. The van der Waals surface area contributed by atoms with Crippen molar-refractivity contribution in [2.45, 2.75) is 6.92 Å². The normalized spacial score (nSPS) is 11.6. The van der Waals surface area contributed by atoms with Gasteiger partial charge in [0.05, 0.1) is 22.3 Å².